The minimum atomic E-state index is -0.529. The molecule has 0 spiro atoms. The lowest BCUT2D eigenvalue weighted by molar-refractivity contribution is -0.136. The smallest absolute Gasteiger partial charge is 0.410 e. The van der Waals surface area contributed by atoms with Gasteiger partial charge in [0.25, 0.3) is 0 Å². The van der Waals surface area contributed by atoms with Gasteiger partial charge in [-0.05, 0) is 64.7 Å². The quantitative estimate of drug-likeness (QED) is 0.835. The third-order valence-corrected chi connectivity index (χ3v) is 5.70. The number of carbonyl (C=O) groups is 2. The Morgan fingerprint density at radius 1 is 1.21 bits per heavy atom. The molecule has 3 heterocycles. The summed E-state index contributed by atoms with van der Waals surface area (Å²) in [6.45, 7) is 9.35. The minimum Gasteiger partial charge on any atom is -0.444 e. The molecule has 0 saturated carbocycles. The van der Waals surface area contributed by atoms with Crippen molar-refractivity contribution in [2.75, 3.05) is 19.6 Å². The van der Waals surface area contributed by atoms with Crippen molar-refractivity contribution < 1.29 is 14.3 Å². The summed E-state index contributed by atoms with van der Waals surface area (Å²) in [6.07, 6.45) is 2.22. The van der Waals surface area contributed by atoms with E-state index in [1.165, 1.54) is 5.56 Å². The van der Waals surface area contributed by atoms with Crippen molar-refractivity contribution in [3.05, 3.63) is 29.6 Å². The van der Waals surface area contributed by atoms with Gasteiger partial charge in [-0.2, -0.15) is 0 Å². The van der Waals surface area contributed by atoms with Gasteiger partial charge < -0.3 is 19.5 Å². The molecule has 0 bridgehead atoms. The molecule has 7 heteroatoms. The van der Waals surface area contributed by atoms with E-state index in [-0.39, 0.29) is 24.0 Å². The molecular weight excluding hydrogens is 368 g/mol. The molecule has 0 aliphatic carbocycles. The number of likely N-dealkylation sites (tertiary alicyclic amines) is 2. The highest BCUT2D eigenvalue weighted by Gasteiger charge is 2.40. The predicted molar refractivity (Wildman–Crippen MR) is 110 cm³/mol. The number of hydrogen-bond donors (Lipinski definition) is 1. The van der Waals surface area contributed by atoms with Crippen LogP contribution in [-0.2, 0) is 9.53 Å². The number of fused-ring (bicyclic) bond motifs is 1. The Labute approximate surface area is 171 Å². The van der Waals surface area contributed by atoms with Gasteiger partial charge in [0.1, 0.15) is 11.4 Å². The molecule has 156 valence electrons. The van der Waals surface area contributed by atoms with E-state index in [0.717, 1.165) is 36.2 Å². The topological polar surface area (TPSA) is 78.5 Å². The molecule has 29 heavy (non-hydrogen) atoms. The molecule has 7 nitrogen and oxygen atoms in total. The van der Waals surface area contributed by atoms with Crippen molar-refractivity contribution in [3.8, 4) is 0 Å². The average molecular weight is 399 g/mol. The Balaban J connectivity index is 1.46. The highest BCUT2D eigenvalue weighted by atomic mass is 16.6. The van der Waals surface area contributed by atoms with Crippen molar-refractivity contribution in [1.82, 2.24) is 19.8 Å². The van der Waals surface area contributed by atoms with Gasteiger partial charge in [0.05, 0.1) is 23.0 Å². The molecule has 1 aromatic carbocycles. The molecule has 2 atom stereocenters. The lowest BCUT2D eigenvalue weighted by Crippen LogP contribution is -2.39. The summed E-state index contributed by atoms with van der Waals surface area (Å²) >= 11 is 0. The fourth-order valence-corrected chi connectivity index (χ4v) is 4.30. The third kappa shape index (κ3) is 4.09. The van der Waals surface area contributed by atoms with Gasteiger partial charge in [0, 0.05) is 19.6 Å². The first-order valence-corrected chi connectivity index (χ1v) is 10.5. The van der Waals surface area contributed by atoms with Crippen LogP contribution in [0, 0.1) is 12.8 Å². The Morgan fingerprint density at radius 2 is 2.00 bits per heavy atom. The first-order chi connectivity index (χ1) is 13.7. The zero-order valence-electron chi connectivity index (χ0n) is 17.7. The molecular formula is C22H30N4O3. The van der Waals surface area contributed by atoms with Crippen LogP contribution in [0.2, 0.25) is 0 Å². The summed E-state index contributed by atoms with van der Waals surface area (Å²) < 4.78 is 5.46. The van der Waals surface area contributed by atoms with Crippen LogP contribution in [-0.4, -0.2) is 57.0 Å². The molecule has 0 radical (unpaired) electrons. The van der Waals surface area contributed by atoms with Crippen LogP contribution < -0.4 is 0 Å². The number of ether oxygens (including phenoxy) is 1. The largest absolute Gasteiger partial charge is 0.444 e. The molecule has 4 rings (SSSR count). The number of nitrogens with zero attached hydrogens (tertiary/aromatic N) is 3. The van der Waals surface area contributed by atoms with Crippen molar-refractivity contribution in [2.45, 2.75) is 58.6 Å². The fourth-order valence-electron chi connectivity index (χ4n) is 4.30. The second kappa shape index (κ2) is 7.35. The molecule has 2 aliphatic rings. The monoisotopic (exact) mass is 398 g/mol. The van der Waals surface area contributed by atoms with E-state index in [9.17, 15) is 9.59 Å². The zero-order chi connectivity index (χ0) is 20.8. The average Bonchev–Trinajstić information content (AvgIpc) is 3.37. The molecule has 2 fully saturated rings. The highest BCUT2D eigenvalue weighted by Crippen LogP contribution is 2.34. The van der Waals surface area contributed by atoms with Crippen LogP contribution >= 0.6 is 0 Å². The van der Waals surface area contributed by atoms with Gasteiger partial charge >= 0.3 is 6.09 Å². The predicted octanol–water partition coefficient (Wildman–Crippen LogP) is 3.79. The van der Waals surface area contributed by atoms with Gasteiger partial charge in [0.15, 0.2) is 0 Å². The van der Waals surface area contributed by atoms with Crippen molar-refractivity contribution in [3.63, 3.8) is 0 Å². The van der Waals surface area contributed by atoms with E-state index in [0.29, 0.717) is 19.5 Å². The highest BCUT2D eigenvalue weighted by molar-refractivity contribution is 5.82. The van der Waals surface area contributed by atoms with E-state index in [4.69, 9.17) is 9.72 Å². The molecule has 2 saturated heterocycles. The van der Waals surface area contributed by atoms with Crippen LogP contribution in [0.5, 0.6) is 0 Å². The SMILES string of the molecule is Cc1ccc2nc([C@H]3CCCN3C(=O)[C@H]3CCN(C(=O)OC(C)(C)C)C3)[nH]c2c1. The molecule has 1 N–H and O–H groups in total. The number of nitrogens with one attached hydrogen (secondary N) is 1. The Bertz CT molecular complexity index is 930. The maximum absolute atomic E-state index is 13.3. The van der Waals surface area contributed by atoms with E-state index in [2.05, 4.69) is 18.0 Å². The summed E-state index contributed by atoms with van der Waals surface area (Å²) in [5.41, 5.74) is 2.59. The van der Waals surface area contributed by atoms with Crippen LogP contribution in [0.3, 0.4) is 0 Å². The third-order valence-electron chi connectivity index (χ3n) is 5.70. The second-order valence-electron chi connectivity index (χ2n) is 9.24. The standard InChI is InChI=1S/C22H30N4O3/c1-14-7-8-16-17(12-14)24-19(23-16)18-6-5-10-26(18)20(27)15-9-11-25(13-15)21(28)29-22(2,3)4/h7-8,12,15,18H,5-6,9-11,13H2,1-4H3,(H,23,24)/t15-,18+/m0/s1. The maximum atomic E-state index is 13.3. The van der Waals surface area contributed by atoms with Crippen LogP contribution in [0.4, 0.5) is 4.79 Å². The van der Waals surface area contributed by atoms with E-state index in [1.54, 1.807) is 4.90 Å². The van der Waals surface area contributed by atoms with Crippen molar-refractivity contribution in [1.29, 1.82) is 0 Å². The van der Waals surface area contributed by atoms with E-state index in [1.807, 2.05) is 37.8 Å². The molecule has 2 aliphatic heterocycles. The van der Waals surface area contributed by atoms with Gasteiger partial charge in [-0.15, -0.1) is 0 Å². The maximum Gasteiger partial charge on any atom is 0.410 e. The summed E-state index contributed by atoms with van der Waals surface area (Å²) in [7, 11) is 0. The van der Waals surface area contributed by atoms with Gasteiger partial charge in [-0.3, -0.25) is 4.79 Å². The first-order valence-electron chi connectivity index (χ1n) is 10.5. The number of aromatic amines is 1. The molecule has 2 amide bonds. The Kier molecular flexibility index (Phi) is 5.00. The molecule has 1 aromatic heterocycles. The molecule has 2 aromatic rings. The van der Waals surface area contributed by atoms with Gasteiger partial charge in [-0.1, -0.05) is 6.07 Å². The van der Waals surface area contributed by atoms with Crippen LogP contribution in [0.25, 0.3) is 11.0 Å². The fraction of sp³-hybridized carbons (Fsp3) is 0.591. The number of hydrogen-bond acceptors (Lipinski definition) is 4. The van der Waals surface area contributed by atoms with Gasteiger partial charge in [-0.25, -0.2) is 9.78 Å². The van der Waals surface area contributed by atoms with E-state index < -0.39 is 5.60 Å². The second-order valence-corrected chi connectivity index (χ2v) is 9.24. The Morgan fingerprint density at radius 3 is 2.76 bits per heavy atom. The zero-order valence-corrected chi connectivity index (χ0v) is 17.7. The number of aryl methyl sites for hydroxylation is 1. The lowest BCUT2D eigenvalue weighted by Gasteiger charge is -2.27. The van der Waals surface area contributed by atoms with Gasteiger partial charge in [0.2, 0.25) is 5.91 Å². The number of imidazole rings is 1. The normalized spacial score (nSPS) is 22.5. The van der Waals surface area contributed by atoms with Crippen molar-refractivity contribution in [2.24, 2.45) is 5.92 Å². The minimum absolute atomic E-state index is 0.0224. The number of rotatable bonds is 2. The number of carbonyl (C=O) groups excluding carboxylic acids is 2. The number of benzene rings is 1. The van der Waals surface area contributed by atoms with Crippen LogP contribution in [0.15, 0.2) is 18.2 Å². The van der Waals surface area contributed by atoms with E-state index >= 15 is 0 Å². The first kappa shape index (κ1) is 19.7. The Hall–Kier alpha value is -2.57. The summed E-state index contributed by atoms with van der Waals surface area (Å²) in [4.78, 5) is 37.4. The lowest BCUT2D eigenvalue weighted by atomic mass is 10.1. The number of aromatic nitrogens is 2. The summed E-state index contributed by atoms with van der Waals surface area (Å²) in [6, 6.07) is 6.13. The number of H-pyrrole nitrogens is 1. The number of amides is 2. The summed E-state index contributed by atoms with van der Waals surface area (Å²) in [5.74, 6) is 0.809. The van der Waals surface area contributed by atoms with Crippen molar-refractivity contribution >= 4 is 23.0 Å². The van der Waals surface area contributed by atoms with Crippen LogP contribution in [0.1, 0.15) is 57.5 Å². The summed E-state index contributed by atoms with van der Waals surface area (Å²) in [5, 5.41) is 0. The molecule has 0 unspecified atom stereocenters.